The van der Waals surface area contributed by atoms with Crippen LogP contribution in [0.15, 0.2) is 17.3 Å². The minimum atomic E-state index is -1.23. The monoisotopic (exact) mass is 356 g/mol. The second-order valence-corrected chi connectivity index (χ2v) is 5.85. The van der Waals surface area contributed by atoms with E-state index in [-0.39, 0.29) is 11.4 Å². The third-order valence-corrected chi connectivity index (χ3v) is 3.91. The molecule has 25 heavy (non-hydrogen) atoms. The number of hydrogen-bond donors (Lipinski definition) is 6. The fraction of sp³-hybridized carbons (Fsp3) is 0.643. The van der Waals surface area contributed by atoms with Gasteiger partial charge >= 0.3 is 5.97 Å². The smallest absolute Gasteiger partial charge is 0.320 e. The van der Waals surface area contributed by atoms with Crippen molar-refractivity contribution in [1.82, 2.24) is 9.55 Å². The average Bonchev–Trinajstić information content (AvgIpc) is 2.82. The van der Waals surface area contributed by atoms with Crippen LogP contribution in [0.1, 0.15) is 25.5 Å². The molecule has 0 amide bonds. The predicted molar refractivity (Wildman–Crippen MR) is 86.6 cm³/mol. The Labute approximate surface area is 143 Å². The summed E-state index contributed by atoms with van der Waals surface area (Å²) < 4.78 is 6.80. The first-order valence-corrected chi connectivity index (χ1v) is 7.92. The number of aliphatic hydroxyl groups is 2. The summed E-state index contributed by atoms with van der Waals surface area (Å²) in [6, 6.07) is 0.623. The van der Waals surface area contributed by atoms with Gasteiger partial charge in [-0.1, -0.05) is 0 Å². The van der Waals surface area contributed by atoms with Gasteiger partial charge in [0.05, 0.1) is 0 Å². The zero-order chi connectivity index (χ0) is 18.6. The van der Waals surface area contributed by atoms with Crippen molar-refractivity contribution in [3.63, 3.8) is 0 Å². The van der Waals surface area contributed by atoms with Crippen LogP contribution in [0, 0.1) is 0 Å². The SMILES string of the molecule is Nc1ccn(C2OC(N)C(O)C2O)c(=NCCCCC(N)C(=O)O)n1. The zero-order valence-electron chi connectivity index (χ0n) is 13.6. The topological polar surface area (TPSA) is 195 Å². The quantitative estimate of drug-likeness (QED) is 0.286. The second-order valence-electron chi connectivity index (χ2n) is 5.85. The lowest BCUT2D eigenvalue weighted by Gasteiger charge is -2.18. The Kier molecular flexibility index (Phi) is 6.45. The van der Waals surface area contributed by atoms with Gasteiger partial charge in [-0.15, -0.1) is 0 Å². The van der Waals surface area contributed by atoms with Gasteiger partial charge < -0.3 is 37.3 Å². The number of aliphatic hydroxyl groups excluding tert-OH is 2. The summed E-state index contributed by atoms with van der Waals surface area (Å²) in [5, 5.41) is 28.5. The Morgan fingerprint density at radius 3 is 2.72 bits per heavy atom. The molecule has 2 heterocycles. The van der Waals surface area contributed by atoms with Crippen molar-refractivity contribution in [1.29, 1.82) is 0 Å². The fourth-order valence-corrected chi connectivity index (χ4v) is 2.44. The van der Waals surface area contributed by atoms with Crippen LogP contribution in [0.3, 0.4) is 0 Å². The van der Waals surface area contributed by atoms with Crippen molar-refractivity contribution in [2.45, 2.75) is 50.0 Å². The molecule has 140 valence electrons. The predicted octanol–water partition coefficient (Wildman–Crippen LogP) is -2.52. The Morgan fingerprint density at radius 2 is 2.12 bits per heavy atom. The molecular weight excluding hydrogens is 332 g/mol. The number of anilines is 1. The van der Waals surface area contributed by atoms with Crippen LogP contribution in [0.25, 0.3) is 0 Å². The Hall–Kier alpha value is -2.05. The van der Waals surface area contributed by atoms with Gasteiger partial charge in [0.15, 0.2) is 6.23 Å². The van der Waals surface area contributed by atoms with Crippen molar-refractivity contribution in [3.05, 3.63) is 17.9 Å². The third-order valence-electron chi connectivity index (χ3n) is 3.91. The van der Waals surface area contributed by atoms with Gasteiger partial charge in [-0.05, 0) is 25.3 Å². The summed E-state index contributed by atoms with van der Waals surface area (Å²) >= 11 is 0. The van der Waals surface area contributed by atoms with Crippen molar-refractivity contribution in [2.75, 3.05) is 12.3 Å². The Bertz CT molecular complexity index is 665. The van der Waals surface area contributed by atoms with Crippen LogP contribution < -0.4 is 22.8 Å². The van der Waals surface area contributed by atoms with Gasteiger partial charge in [-0.3, -0.25) is 14.4 Å². The molecule has 2 rings (SSSR count). The van der Waals surface area contributed by atoms with Gasteiger partial charge in [0.2, 0.25) is 5.62 Å². The number of aliphatic carboxylic acids is 1. The molecule has 11 heteroatoms. The van der Waals surface area contributed by atoms with Crippen LogP contribution in [-0.4, -0.2) is 61.9 Å². The van der Waals surface area contributed by atoms with E-state index >= 15 is 0 Å². The highest BCUT2D eigenvalue weighted by atomic mass is 16.6. The molecule has 11 nitrogen and oxygen atoms in total. The summed E-state index contributed by atoms with van der Waals surface area (Å²) in [7, 11) is 0. The highest BCUT2D eigenvalue weighted by Crippen LogP contribution is 2.25. The molecule has 1 aromatic heterocycles. The van der Waals surface area contributed by atoms with Crippen molar-refractivity contribution in [3.8, 4) is 0 Å². The van der Waals surface area contributed by atoms with Crippen LogP contribution in [0.2, 0.25) is 0 Å². The van der Waals surface area contributed by atoms with Crippen LogP contribution >= 0.6 is 0 Å². The maximum absolute atomic E-state index is 10.7. The van der Waals surface area contributed by atoms with E-state index in [9.17, 15) is 15.0 Å². The van der Waals surface area contributed by atoms with Gasteiger partial charge in [0.25, 0.3) is 0 Å². The van der Waals surface area contributed by atoms with E-state index < -0.39 is 36.7 Å². The molecule has 0 aromatic carbocycles. The first-order valence-electron chi connectivity index (χ1n) is 7.92. The molecule has 1 saturated heterocycles. The van der Waals surface area contributed by atoms with Gasteiger partial charge in [-0.2, -0.15) is 4.98 Å². The number of hydrogen-bond acceptors (Lipinski definition) is 9. The molecular formula is C14H24N6O5. The number of rotatable bonds is 7. The molecule has 0 saturated carbocycles. The molecule has 5 unspecified atom stereocenters. The molecule has 1 fully saturated rings. The number of ether oxygens (including phenoxy) is 1. The minimum absolute atomic E-state index is 0.216. The van der Waals surface area contributed by atoms with E-state index in [0.29, 0.717) is 25.8 Å². The van der Waals surface area contributed by atoms with Crippen molar-refractivity contribution >= 4 is 11.8 Å². The number of nitrogen functional groups attached to an aromatic ring is 1. The number of aromatic nitrogens is 2. The van der Waals surface area contributed by atoms with Gasteiger partial charge in [0.1, 0.15) is 30.3 Å². The van der Waals surface area contributed by atoms with Crippen molar-refractivity contribution in [2.24, 2.45) is 16.5 Å². The van der Waals surface area contributed by atoms with E-state index in [0.717, 1.165) is 0 Å². The largest absolute Gasteiger partial charge is 0.480 e. The maximum atomic E-state index is 10.7. The minimum Gasteiger partial charge on any atom is -0.480 e. The first kappa shape index (κ1) is 19.3. The second kappa shape index (κ2) is 8.36. The maximum Gasteiger partial charge on any atom is 0.320 e. The fourth-order valence-electron chi connectivity index (χ4n) is 2.44. The first-order chi connectivity index (χ1) is 11.8. The normalized spacial score (nSPS) is 28.2. The average molecular weight is 356 g/mol. The van der Waals surface area contributed by atoms with E-state index in [1.165, 1.54) is 10.6 Å². The summed E-state index contributed by atoms with van der Waals surface area (Å²) in [5.74, 6) is -0.797. The van der Waals surface area contributed by atoms with Crippen LogP contribution in [0.4, 0.5) is 5.82 Å². The highest BCUT2D eigenvalue weighted by molar-refractivity contribution is 5.72. The van der Waals surface area contributed by atoms with E-state index in [1.54, 1.807) is 6.20 Å². The lowest BCUT2D eigenvalue weighted by atomic mass is 10.1. The summed E-state index contributed by atoms with van der Waals surface area (Å²) in [6.45, 7) is 0.361. The standard InChI is InChI=1S/C14H24N6O5/c15-7(13(23)24)3-1-2-5-18-14-19-8(16)4-6-20(14)12-10(22)9(21)11(17)25-12/h4,6-7,9-12,21-22H,1-3,5,15,17H2,(H,23,24)(H2,16,18,19). The van der Waals surface area contributed by atoms with Crippen molar-refractivity contribution < 1.29 is 24.9 Å². The summed E-state index contributed by atoms with van der Waals surface area (Å²) in [6.07, 6.45) is -1.32. The number of nitrogens with zero attached hydrogens (tertiary/aromatic N) is 3. The lowest BCUT2D eigenvalue weighted by Crippen LogP contribution is -2.37. The van der Waals surface area contributed by atoms with E-state index in [2.05, 4.69) is 9.98 Å². The number of carboxylic acid groups (broad SMARTS) is 1. The van der Waals surface area contributed by atoms with Crippen LogP contribution in [0.5, 0.6) is 0 Å². The summed E-state index contributed by atoms with van der Waals surface area (Å²) in [5.41, 5.74) is 16.9. The molecule has 0 bridgehead atoms. The number of carboxylic acids is 1. The lowest BCUT2D eigenvalue weighted by molar-refractivity contribution is -0.138. The van der Waals surface area contributed by atoms with Crippen LogP contribution in [-0.2, 0) is 9.53 Å². The third kappa shape index (κ3) is 4.74. The molecule has 0 spiro atoms. The molecule has 0 radical (unpaired) electrons. The zero-order valence-corrected chi connectivity index (χ0v) is 13.6. The molecule has 1 aromatic rings. The van der Waals surface area contributed by atoms with Gasteiger partial charge in [0, 0.05) is 12.7 Å². The Balaban J connectivity index is 2.07. The number of carbonyl (C=O) groups is 1. The molecule has 0 aliphatic carbocycles. The van der Waals surface area contributed by atoms with Gasteiger partial charge in [-0.25, -0.2) is 0 Å². The number of unbranched alkanes of at least 4 members (excludes halogenated alkanes) is 1. The Morgan fingerprint density at radius 1 is 1.40 bits per heavy atom. The highest BCUT2D eigenvalue weighted by Gasteiger charge is 2.42. The number of nitrogens with two attached hydrogens (primary N) is 3. The van der Waals surface area contributed by atoms with E-state index in [4.69, 9.17) is 27.0 Å². The molecule has 9 N–H and O–H groups in total. The molecule has 1 aliphatic heterocycles. The molecule has 1 aliphatic rings. The summed E-state index contributed by atoms with van der Waals surface area (Å²) in [4.78, 5) is 19.1. The molecule has 5 atom stereocenters. The van der Waals surface area contributed by atoms with E-state index in [1.807, 2.05) is 0 Å².